The first-order chi connectivity index (χ1) is 14.5. The Morgan fingerprint density at radius 1 is 1.23 bits per heavy atom. The van der Waals surface area contributed by atoms with Gasteiger partial charge in [0.2, 0.25) is 0 Å². The second-order valence-corrected chi connectivity index (χ2v) is 9.17. The molecule has 158 valence electrons. The number of aryl methyl sites for hydroxylation is 2. The maximum atomic E-state index is 12.7. The van der Waals surface area contributed by atoms with Crippen molar-refractivity contribution in [3.05, 3.63) is 58.1 Å². The highest BCUT2D eigenvalue weighted by Gasteiger charge is 2.19. The van der Waals surface area contributed by atoms with E-state index < -0.39 is 0 Å². The number of carbonyl (C=O) groups excluding carboxylic acids is 1. The highest BCUT2D eigenvalue weighted by atomic mass is 32.1. The summed E-state index contributed by atoms with van der Waals surface area (Å²) in [5, 5.41) is 13.6. The quantitative estimate of drug-likeness (QED) is 0.627. The Bertz CT molecular complexity index is 1030. The van der Waals surface area contributed by atoms with Crippen LogP contribution in [0.1, 0.15) is 39.3 Å². The number of carbonyl (C=O) groups is 1. The molecule has 1 saturated heterocycles. The Morgan fingerprint density at radius 3 is 2.80 bits per heavy atom. The number of anilines is 1. The third-order valence-electron chi connectivity index (χ3n) is 5.93. The number of nitrogens with zero attached hydrogens (tertiary/aromatic N) is 2. The Kier molecular flexibility index (Phi) is 6.35. The lowest BCUT2D eigenvalue weighted by Gasteiger charge is -2.33. The van der Waals surface area contributed by atoms with Crippen molar-refractivity contribution >= 4 is 33.1 Å². The van der Waals surface area contributed by atoms with Crippen LogP contribution in [0, 0.1) is 19.8 Å². The van der Waals surface area contributed by atoms with E-state index in [9.17, 15) is 9.90 Å². The fourth-order valence-electron chi connectivity index (χ4n) is 4.13. The van der Waals surface area contributed by atoms with Crippen LogP contribution in [0.25, 0.3) is 10.2 Å². The average molecular weight is 424 g/mol. The number of rotatable bonds is 6. The second-order valence-electron chi connectivity index (χ2n) is 8.17. The average Bonchev–Trinajstić information content (AvgIpc) is 3.10. The maximum Gasteiger partial charge on any atom is 0.261 e. The van der Waals surface area contributed by atoms with Gasteiger partial charge in [0.05, 0.1) is 4.88 Å². The zero-order valence-electron chi connectivity index (χ0n) is 17.6. The summed E-state index contributed by atoms with van der Waals surface area (Å²) in [6, 6.07) is 12.6. The molecule has 1 atom stereocenters. The summed E-state index contributed by atoms with van der Waals surface area (Å²) in [6.45, 7) is 6.81. The van der Waals surface area contributed by atoms with Crippen molar-refractivity contribution in [2.45, 2.75) is 33.1 Å². The molecule has 0 radical (unpaired) electrons. The largest absolute Gasteiger partial charge is 0.396 e. The van der Waals surface area contributed by atoms with Crippen molar-refractivity contribution in [2.75, 3.05) is 31.1 Å². The molecule has 3 heterocycles. The van der Waals surface area contributed by atoms with E-state index in [1.165, 1.54) is 22.6 Å². The number of aromatic nitrogens is 1. The highest BCUT2D eigenvalue weighted by Crippen LogP contribution is 2.29. The van der Waals surface area contributed by atoms with Crippen molar-refractivity contribution in [1.82, 2.24) is 10.3 Å². The first kappa shape index (κ1) is 20.8. The number of hydrogen-bond acceptors (Lipinski definition) is 5. The van der Waals surface area contributed by atoms with E-state index in [1.54, 1.807) is 0 Å². The molecule has 4 rings (SSSR count). The summed E-state index contributed by atoms with van der Waals surface area (Å²) in [4.78, 5) is 21.3. The van der Waals surface area contributed by atoms with Crippen molar-refractivity contribution in [3.8, 4) is 0 Å². The van der Waals surface area contributed by atoms with Crippen molar-refractivity contribution < 1.29 is 9.90 Å². The molecule has 1 aliphatic rings. The molecule has 0 saturated carbocycles. The maximum absolute atomic E-state index is 12.7. The minimum atomic E-state index is -0.0202. The first-order valence-electron chi connectivity index (χ1n) is 10.6. The van der Waals surface area contributed by atoms with E-state index in [1.807, 2.05) is 26.0 Å². The minimum absolute atomic E-state index is 0.0202. The van der Waals surface area contributed by atoms with Crippen LogP contribution in [0.5, 0.6) is 0 Å². The molecule has 6 heteroatoms. The number of fused-ring (bicyclic) bond motifs is 1. The zero-order chi connectivity index (χ0) is 21.1. The second kappa shape index (κ2) is 9.14. The van der Waals surface area contributed by atoms with E-state index in [-0.39, 0.29) is 12.5 Å². The first-order valence-corrected chi connectivity index (χ1v) is 11.5. The number of nitrogens with one attached hydrogen (secondary N) is 1. The Morgan fingerprint density at radius 2 is 2.03 bits per heavy atom. The molecule has 1 aliphatic heterocycles. The summed E-state index contributed by atoms with van der Waals surface area (Å²) in [5.74, 6) is 0.359. The van der Waals surface area contributed by atoms with Crippen LogP contribution in [0.15, 0.2) is 36.4 Å². The third-order valence-corrected chi connectivity index (χ3v) is 7.13. The SMILES string of the molecule is Cc1ccc2c(C)c(C(=O)NCCc3ccc(N4CCC[C@H](CO)C4)cc3)sc2n1. The molecule has 5 nitrogen and oxygen atoms in total. The van der Waals surface area contributed by atoms with Crippen molar-refractivity contribution in [3.63, 3.8) is 0 Å². The fourth-order valence-corrected chi connectivity index (χ4v) is 5.27. The van der Waals surface area contributed by atoms with E-state index in [2.05, 4.69) is 39.5 Å². The van der Waals surface area contributed by atoms with Gasteiger partial charge in [0.1, 0.15) is 4.83 Å². The van der Waals surface area contributed by atoms with Crippen molar-refractivity contribution in [1.29, 1.82) is 0 Å². The molecule has 2 aromatic heterocycles. The summed E-state index contributed by atoms with van der Waals surface area (Å²) in [5.41, 5.74) is 4.40. The molecule has 30 heavy (non-hydrogen) atoms. The van der Waals surface area contributed by atoms with Gasteiger partial charge in [-0.05, 0) is 74.4 Å². The summed E-state index contributed by atoms with van der Waals surface area (Å²) < 4.78 is 0. The Hall–Kier alpha value is -2.44. The van der Waals surface area contributed by atoms with Gasteiger partial charge in [0, 0.05) is 43.0 Å². The van der Waals surface area contributed by atoms with E-state index in [0.29, 0.717) is 12.5 Å². The standard InChI is InChI=1S/C24H29N3O2S/c1-16-5-10-21-17(2)22(30-24(21)26-16)23(29)25-12-11-18-6-8-20(9-7-18)27-13-3-4-19(14-27)15-28/h5-10,19,28H,3-4,11-15H2,1-2H3,(H,25,29)/t19-/m0/s1. The lowest BCUT2D eigenvalue weighted by atomic mass is 9.98. The van der Waals surface area contributed by atoms with Gasteiger partial charge in [-0.1, -0.05) is 12.1 Å². The predicted octanol–water partition coefficient (Wildman–Crippen LogP) is 4.09. The predicted molar refractivity (Wildman–Crippen MR) is 124 cm³/mol. The smallest absolute Gasteiger partial charge is 0.261 e. The normalized spacial score (nSPS) is 16.8. The molecule has 3 aromatic rings. The van der Waals surface area contributed by atoms with Gasteiger partial charge >= 0.3 is 0 Å². The van der Waals surface area contributed by atoms with E-state index >= 15 is 0 Å². The molecule has 0 bridgehead atoms. The number of piperidine rings is 1. The summed E-state index contributed by atoms with van der Waals surface area (Å²) in [7, 11) is 0. The minimum Gasteiger partial charge on any atom is -0.396 e. The molecule has 0 spiro atoms. The molecule has 1 fully saturated rings. The van der Waals surface area contributed by atoms with Gasteiger partial charge < -0.3 is 15.3 Å². The number of aliphatic hydroxyl groups excluding tert-OH is 1. The van der Waals surface area contributed by atoms with E-state index in [0.717, 1.165) is 58.7 Å². The van der Waals surface area contributed by atoms with Crippen LogP contribution in [0.4, 0.5) is 5.69 Å². The molecule has 1 aromatic carbocycles. The zero-order valence-corrected chi connectivity index (χ0v) is 18.5. The molecule has 0 aliphatic carbocycles. The molecular weight excluding hydrogens is 394 g/mol. The fraction of sp³-hybridized carbons (Fsp3) is 0.417. The lowest BCUT2D eigenvalue weighted by Crippen LogP contribution is -2.36. The number of thiophene rings is 1. The van der Waals surface area contributed by atoms with Crippen molar-refractivity contribution in [2.24, 2.45) is 5.92 Å². The van der Waals surface area contributed by atoms with Crippen LogP contribution >= 0.6 is 11.3 Å². The molecule has 2 N–H and O–H groups in total. The Balaban J connectivity index is 1.33. The van der Waals surface area contributed by atoms with Gasteiger partial charge in [-0.15, -0.1) is 11.3 Å². The number of benzene rings is 1. The highest BCUT2D eigenvalue weighted by molar-refractivity contribution is 7.20. The third kappa shape index (κ3) is 4.50. The molecular formula is C24H29N3O2S. The summed E-state index contributed by atoms with van der Waals surface area (Å²) >= 11 is 1.47. The number of pyridine rings is 1. The number of aliphatic hydroxyl groups is 1. The van der Waals surface area contributed by atoms with Gasteiger partial charge in [-0.25, -0.2) is 4.98 Å². The van der Waals surface area contributed by atoms with Crippen LogP contribution in [-0.2, 0) is 6.42 Å². The number of amides is 1. The monoisotopic (exact) mass is 423 g/mol. The lowest BCUT2D eigenvalue weighted by molar-refractivity contribution is 0.0957. The van der Waals surface area contributed by atoms with Gasteiger partial charge in [0.25, 0.3) is 5.91 Å². The number of hydrogen-bond donors (Lipinski definition) is 2. The van der Waals surface area contributed by atoms with Crippen LogP contribution in [0.2, 0.25) is 0 Å². The summed E-state index contributed by atoms with van der Waals surface area (Å²) in [6.07, 6.45) is 3.04. The van der Waals surface area contributed by atoms with Crippen LogP contribution < -0.4 is 10.2 Å². The van der Waals surface area contributed by atoms with Gasteiger partial charge in [0.15, 0.2) is 0 Å². The van der Waals surface area contributed by atoms with Gasteiger partial charge in [-0.2, -0.15) is 0 Å². The molecule has 0 unspecified atom stereocenters. The Labute approximate surface area is 181 Å². The van der Waals surface area contributed by atoms with E-state index in [4.69, 9.17) is 0 Å². The topological polar surface area (TPSA) is 65.5 Å². The van der Waals surface area contributed by atoms with Crippen LogP contribution in [0.3, 0.4) is 0 Å². The van der Waals surface area contributed by atoms with Gasteiger partial charge in [-0.3, -0.25) is 4.79 Å². The molecule has 1 amide bonds. The van der Waals surface area contributed by atoms with Crippen LogP contribution in [-0.4, -0.2) is 42.2 Å².